The summed E-state index contributed by atoms with van der Waals surface area (Å²) >= 11 is 0. The highest BCUT2D eigenvalue weighted by atomic mass is 16.5. The maximum absolute atomic E-state index is 11.9. The zero-order valence-corrected chi connectivity index (χ0v) is 17.5. The smallest absolute Gasteiger partial charge is 0.243 e. The van der Waals surface area contributed by atoms with Gasteiger partial charge in [-0.2, -0.15) is 0 Å². The molecule has 1 unspecified atom stereocenters. The molecule has 1 aliphatic heterocycles. The monoisotopic (exact) mass is 387 g/mol. The van der Waals surface area contributed by atoms with Crippen LogP contribution >= 0.6 is 0 Å². The molecule has 1 heterocycles. The van der Waals surface area contributed by atoms with Crippen molar-refractivity contribution < 1.29 is 9.53 Å². The van der Waals surface area contributed by atoms with Gasteiger partial charge in [-0.25, -0.2) is 4.99 Å². The van der Waals surface area contributed by atoms with Gasteiger partial charge >= 0.3 is 0 Å². The van der Waals surface area contributed by atoms with Crippen molar-refractivity contribution in [1.82, 2.24) is 15.5 Å². The third-order valence-corrected chi connectivity index (χ3v) is 4.61. The Morgan fingerprint density at radius 1 is 1.43 bits per heavy atom. The summed E-state index contributed by atoms with van der Waals surface area (Å²) in [5.74, 6) is 1.48. The highest BCUT2D eigenvalue weighted by Gasteiger charge is 2.21. The Morgan fingerprint density at radius 2 is 2.21 bits per heavy atom. The number of likely N-dealkylation sites (N-methyl/N-ethyl adjacent to an activating group) is 1. The molecule has 1 atom stereocenters. The number of aliphatic imine (C=N–C) groups is 1. The summed E-state index contributed by atoms with van der Waals surface area (Å²) in [6, 6.07) is 8.38. The molecule has 0 aromatic heterocycles. The van der Waals surface area contributed by atoms with Gasteiger partial charge in [-0.1, -0.05) is 18.2 Å². The maximum atomic E-state index is 11.9. The van der Waals surface area contributed by atoms with Crippen LogP contribution in [0, 0.1) is 0 Å². The molecule has 0 radical (unpaired) electrons. The number of rotatable bonds is 7. The average Bonchev–Trinajstić information content (AvgIpc) is 2.69. The van der Waals surface area contributed by atoms with E-state index in [1.54, 1.807) is 26.1 Å². The van der Waals surface area contributed by atoms with E-state index in [4.69, 9.17) is 4.74 Å². The minimum Gasteiger partial charge on any atom is -0.497 e. The van der Waals surface area contributed by atoms with Gasteiger partial charge in [0.15, 0.2) is 5.96 Å². The number of piperidine rings is 1. The minimum atomic E-state index is -0.0296. The van der Waals surface area contributed by atoms with E-state index in [2.05, 4.69) is 39.2 Å². The van der Waals surface area contributed by atoms with Crippen LogP contribution in [0.2, 0.25) is 0 Å². The molecule has 7 nitrogen and oxygen atoms in total. The number of carbonyl (C=O) groups excluding carboxylic acids is 1. The predicted octanol–water partition coefficient (Wildman–Crippen LogP) is 1.86. The molecule has 1 aromatic rings. The van der Waals surface area contributed by atoms with Crippen LogP contribution in [0.15, 0.2) is 41.4 Å². The Labute approximate surface area is 168 Å². The molecule has 2 rings (SSSR count). The fraction of sp³-hybridized carbons (Fsp3) is 0.524. The standard InChI is InChI=1S/C21H33N5O2/c1-16(2)13-22-21(23-14-20(27)25(3)4)24-17-8-7-11-26(15-17)18-9-6-10-19(12-18)28-5/h6,9-10,12,17H,1,7-8,11,13-15H2,2-5H3,(H2,22,23,24). The average molecular weight is 388 g/mol. The van der Waals surface area contributed by atoms with Crippen molar-refractivity contribution in [3.63, 3.8) is 0 Å². The topological polar surface area (TPSA) is 69.2 Å². The lowest BCUT2D eigenvalue weighted by Crippen LogP contribution is -2.51. The van der Waals surface area contributed by atoms with Crippen molar-refractivity contribution in [1.29, 1.82) is 0 Å². The molecule has 28 heavy (non-hydrogen) atoms. The Kier molecular flexibility index (Phi) is 8.17. The van der Waals surface area contributed by atoms with Gasteiger partial charge < -0.3 is 25.2 Å². The largest absolute Gasteiger partial charge is 0.497 e. The van der Waals surface area contributed by atoms with Gasteiger partial charge in [-0.15, -0.1) is 0 Å². The van der Waals surface area contributed by atoms with Gasteiger partial charge in [-0.3, -0.25) is 4.79 Å². The number of anilines is 1. The molecule has 1 aromatic carbocycles. The van der Waals surface area contributed by atoms with Crippen LogP contribution in [0.3, 0.4) is 0 Å². The van der Waals surface area contributed by atoms with E-state index in [1.807, 2.05) is 19.1 Å². The van der Waals surface area contributed by atoms with Gasteiger partial charge in [-0.05, 0) is 31.9 Å². The second kappa shape index (κ2) is 10.6. The maximum Gasteiger partial charge on any atom is 0.243 e. The van der Waals surface area contributed by atoms with E-state index >= 15 is 0 Å². The summed E-state index contributed by atoms with van der Waals surface area (Å²) < 4.78 is 5.35. The molecule has 154 valence electrons. The zero-order chi connectivity index (χ0) is 20.5. The normalized spacial score (nSPS) is 17.1. The summed E-state index contributed by atoms with van der Waals surface area (Å²) in [6.45, 7) is 8.49. The molecule has 0 aliphatic carbocycles. The molecule has 0 spiro atoms. The van der Waals surface area contributed by atoms with E-state index in [0.29, 0.717) is 12.5 Å². The van der Waals surface area contributed by atoms with Crippen LogP contribution in [-0.4, -0.2) is 70.2 Å². The van der Waals surface area contributed by atoms with Crippen molar-refractivity contribution in [2.75, 3.05) is 52.3 Å². The molecule has 1 amide bonds. The summed E-state index contributed by atoms with van der Waals surface area (Å²) in [7, 11) is 5.16. The second-order valence-electron chi connectivity index (χ2n) is 7.39. The summed E-state index contributed by atoms with van der Waals surface area (Å²) in [5, 5.41) is 6.75. The number of ether oxygens (including phenoxy) is 1. The third kappa shape index (κ3) is 6.79. The van der Waals surface area contributed by atoms with Gasteiger partial charge in [0.05, 0.1) is 7.11 Å². The zero-order valence-electron chi connectivity index (χ0n) is 17.5. The Hall–Kier alpha value is -2.70. The van der Waals surface area contributed by atoms with Crippen LogP contribution in [0.25, 0.3) is 0 Å². The molecule has 1 fully saturated rings. The van der Waals surface area contributed by atoms with Crippen LogP contribution in [0.5, 0.6) is 5.75 Å². The van der Waals surface area contributed by atoms with Crippen LogP contribution in [-0.2, 0) is 4.79 Å². The molecule has 2 N–H and O–H groups in total. The van der Waals surface area contributed by atoms with Gasteiger partial charge in [0.1, 0.15) is 12.3 Å². The summed E-state index contributed by atoms with van der Waals surface area (Å²) in [4.78, 5) is 20.3. The Bertz CT molecular complexity index is 702. The highest BCUT2D eigenvalue weighted by Crippen LogP contribution is 2.24. The van der Waals surface area contributed by atoms with Crippen LogP contribution < -0.4 is 20.3 Å². The van der Waals surface area contributed by atoms with Gasteiger partial charge in [0.25, 0.3) is 0 Å². The number of carbonyl (C=O) groups is 1. The molecule has 1 aliphatic rings. The Balaban J connectivity index is 2.04. The SMILES string of the molecule is C=C(C)CNC(=NCC(=O)N(C)C)NC1CCCN(c2cccc(OC)c2)C1. The van der Waals surface area contributed by atoms with Crippen LogP contribution in [0.4, 0.5) is 5.69 Å². The molecular weight excluding hydrogens is 354 g/mol. The molecular formula is C21H33N5O2. The van der Waals surface area contributed by atoms with E-state index in [9.17, 15) is 4.79 Å². The van der Waals surface area contributed by atoms with E-state index in [1.165, 1.54) is 0 Å². The number of nitrogens with zero attached hydrogens (tertiary/aromatic N) is 3. The number of guanidine groups is 1. The number of nitrogens with one attached hydrogen (secondary N) is 2. The first-order chi connectivity index (χ1) is 13.4. The number of methoxy groups -OCH3 is 1. The Morgan fingerprint density at radius 3 is 2.89 bits per heavy atom. The van der Waals surface area contributed by atoms with Gasteiger partial charge in [0.2, 0.25) is 5.91 Å². The first-order valence-electron chi connectivity index (χ1n) is 9.67. The lowest BCUT2D eigenvalue weighted by atomic mass is 10.0. The molecule has 0 saturated carbocycles. The molecule has 7 heteroatoms. The van der Waals surface area contributed by atoms with Gasteiger partial charge in [0, 0.05) is 51.5 Å². The first kappa shape index (κ1) is 21.6. The van der Waals surface area contributed by atoms with Crippen molar-refractivity contribution in [2.24, 2.45) is 4.99 Å². The summed E-state index contributed by atoms with van der Waals surface area (Å²) in [5.41, 5.74) is 2.16. The highest BCUT2D eigenvalue weighted by molar-refractivity contribution is 5.85. The van der Waals surface area contributed by atoms with E-state index in [-0.39, 0.29) is 18.5 Å². The van der Waals surface area contributed by atoms with Crippen molar-refractivity contribution in [3.05, 3.63) is 36.4 Å². The minimum absolute atomic E-state index is 0.0296. The number of hydrogen-bond acceptors (Lipinski definition) is 4. The quantitative estimate of drug-likeness (QED) is 0.425. The lowest BCUT2D eigenvalue weighted by molar-refractivity contribution is -0.127. The van der Waals surface area contributed by atoms with Crippen molar-refractivity contribution in [2.45, 2.75) is 25.8 Å². The first-order valence-corrected chi connectivity index (χ1v) is 9.67. The number of amides is 1. The van der Waals surface area contributed by atoms with Crippen molar-refractivity contribution in [3.8, 4) is 5.75 Å². The molecule has 1 saturated heterocycles. The fourth-order valence-electron chi connectivity index (χ4n) is 3.01. The van der Waals surface area contributed by atoms with Crippen molar-refractivity contribution >= 4 is 17.6 Å². The lowest BCUT2D eigenvalue weighted by Gasteiger charge is -2.35. The van der Waals surface area contributed by atoms with E-state index < -0.39 is 0 Å². The van der Waals surface area contributed by atoms with Crippen LogP contribution in [0.1, 0.15) is 19.8 Å². The second-order valence-corrected chi connectivity index (χ2v) is 7.39. The van der Waals surface area contributed by atoms with E-state index in [0.717, 1.165) is 42.9 Å². The third-order valence-electron chi connectivity index (χ3n) is 4.61. The molecule has 0 bridgehead atoms. The summed E-state index contributed by atoms with van der Waals surface area (Å²) in [6.07, 6.45) is 2.13. The number of hydrogen-bond donors (Lipinski definition) is 2. The number of benzene rings is 1. The fourth-order valence-corrected chi connectivity index (χ4v) is 3.01. The predicted molar refractivity (Wildman–Crippen MR) is 115 cm³/mol.